The molecule has 0 aliphatic carbocycles. The monoisotopic (exact) mass is 393 g/mol. The van der Waals surface area contributed by atoms with E-state index in [-0.39, 0.29) is 0 Å². The third-order valence-electron chi connectivity index (χ3n) is 5.62. The molecule has 0 amide bonds. The molecule has 0 radical (unpaired) electrons. The van der Waals surface area contributed by atoms with Crippen LogP contribution in [0.2, 0.25) is 0 Å². The van der Waals surface area contributed by atoms with E-state index in [4.69, 9.17) is 0 Å². The Morgan fingerprint density at radius 2 is 1.93 bits per heavy atom. The molecular formula is C23H19N7. The molecule has 5 aromatic heterocycles. The molecule has 0 bridgehead atoms. The minimum absolute atomic E-state index is 0.711. The van der Waals surface area contributed by atoms with E-state index < -0.39 is 0 Å². The lowest BCUT2D eigenvalue weighted by Crippen LogP contribution is -2.20. The average molecular weight is 393 g/mol. The van der Waals surface area contributed by atoms with Gasteiger partial charge < -0.3 is 10.3 Å². The van der Waals surface area contributed by atoms with Gasteiger partial charge in [-0.2, -0.15) is 5.10 Å². The summed E-state index contributed by atoms with van der Waals surface area (Å²) in [5.41, 5.74) is 8.04. The number of nitrogens with zero attached hydrogens (tertiary/aromatic N) is 4. The van der Waals surface area contributed by atoms with Crippen molar-refractivity contribution in [1.82, 2.24) is 35.5 Å². The first-order valence-electron chi connectivity index (χ1n) is 9.99. The first-order chi connectivity index (χ1) is 14.9. The highest BCUT2D eigenvalue weighted by Crippen LogP contribution is 2.33. The maximum atomic E-state index is 4.58. The van der Waals surface area contributed by atoms with Gasteiger partial charge in [-0.15, -0.1) is 0 Å². The maximum absolute atomic E-state index is 4.58. The Labute approximate surface area is 172 Å². The number of nitrogens with one attached hydrogen (secondary N) is 3. The van der Waals surface area contributed by atoms with Crippen molar-refractivity contribution in [3.63, 3.8) is 0 Å². The molecule has 0 aromatic carbocycles. The molecule has 1 aliphatic rings. The Kier molecular flexibility index (Phi) is 3.92. The summed E-state index contributed by atoms with van der Waals surface area (Å²) in [6.07, 6.45) is 10.6. The van der Waals surface area contributed by atoms with Crippen LogP contribution in [0.25, 0.3) is 50.2 Å². The molecule has 7 nitrogen and oxygen atoms in total. The van der Waals surface area contributed by atoms with Gasteiger partial charge in [-0.3, -0.25) is 10.1 Å². The molecule has 5 aromatic rings. The number of fused-ring (bicyclic) bond motifs is 2. The number of hydrogen-bond acceptors (Lipinski definition) is 5. The second kappa shape index (κ2) is 6.89. The van der Waals surface area contributed by atoms with Crippen molar-refractivity contribution < 1.29 is 0 Å². The van der Waals surface area contributed by atoms with Crippen molar-refractivity contribution in [3.05, 3.63) is 66.8 Å². The Morgan fingerprint density at radius 1 is 0.933 bits per heavy atom. The second-order valence-electron chi connectivity index (χ2n) is 7.42. The summed E-state index contributed by atoms with van der Waals surface area (Å²) < 4.78 is 0. The molecule has 0 saturated heterocycles. The number of H-pyrrole nitrogens is 2. The van der Waals surface area contributed by atoms with Crippen LogP contribution in [0.15, 0.2) is 61.2 Å². The topological polar surface area (TPSA) is 95.2 Å². The first kappa shape index (κ1) is 17.1. The van der Waals surface area contributed by atoms with Gasteiger partial charge in [-0.05, 0) is 53.9 Å². The van der Waals surface area contributed by atoms with Gasteiger partial charge in [0.25, 0.3) is 0 Å². The molecule has 3 N–H and O–H groups in total. The van der Waals surface area contributed by atoms with Gasteiger partial charge in [-0.25, -0.2) is 9.97 Å². The summed E-state index contributed by atoms with van der Waals surface area (Å²) in [6.45, 7) is 1.89. The molecule has 0 atom stereocenters. The van der Waals surface area contributed by atoms with Crippen molar-refractivity contribution in [1.29, 1.82) is 0 Å². The van der Waals surface area contributed by atoms with Gasteiger partial charge in [0, 0.05) is 47.7 Å². The Morgan fingerprint density at radius 3 is 2.80 bits per heavy atom. The van der Waals surface area contributed by atoms with Gasteiger partial charge in [0.1, 0.15) is 5.65 Å². The van der Waals surface area contributed by atoms with E-state index in [9.17, 15) is 0 Å². The minimum Gasteiger partial charge on any atom is -0.338 e. The molecule has 6 heterocycles. The lowest BCUT2D eigenvalue weighted by molar-refractivity contribution is 0.738. The summed E-state index contributed by atoms with van der Waals surface area (Å²) in [6, 6.07) is 10.3. The maximum Gasteiger partial charge on any atom is 0.181 e. The van der Waals surface area contributed by atoms with Crippen molar-refractivity contribution in [2.75, 3.05) is 13.1 Å². The van der Waals surface area contributed by atoms with Crippen LogP contribution in [0.4, 0.5) is 0 Å². The molecular weight excluding hydrogens is 374 g/mol. The molecule has 146 valence electrons. The zero-order valence-electron chi connectivity index (χ0n) is 16.2. The van der Waals surface area contributed by atoms with Crippen LogP contribution in [0.5, 0.6) is 0 Å². The Bertz CT molecular complexity index is 1400. The van der Waals surface area contributed by atoms with E-state index in [1.807, 2.05) is 30.7 Å². The average Bonchev–Trinajstić information content (AvgIpc) is 3.43. The van der Waals surface area contributed by atoms with Gasteiger partial charge in [0.15, 0.2) is 5.65 Å². The third kappa shape index (κ3) is 2.79. The number of hydrogen-bond donors (Lipinski definition) is 3. The van der Waals surface area contributed by atoms with E-state index in [1.54, 1.807) is 6.20 Å². The summed E-state index contributed by atoms with van der Waals surface area (Å²) in [7, 11) is 0. The highest BCUT2D eigenvalue weighted by Gasteiger charge is 2.16. The predicted molar refractivity (Wildman–Crippen MR) is 118 cm³/mol. The fourth-order valence-corrected chi connectivity index (χ4v) is 4.10. The lowest BCUT2D eigenvalue weighted by atomic mass is 10.0. The number of rotatable bonds is 3. The van der Waals surface area contributed by atoms with E-state index >= 15 is 0 Å². The van der Waals surface area contributed by atoms with Gasteiger partial charge >= 0.3 is 0 Å². The normalized spacial score (nSPS) is 14.3. The number of aromatic amines is 2. The standard InChI is InChI=1S/C23H19N7/c1-2-15(12-25-6-1)17-5-9-26-22-18(17)11-20(28-22)21-19-10-16(13-27-23(19)30-29-21)14-3-7-24-8-4-14/h1-3,5-6,9-13,24H,4,7-8H2,(H,26,28)(H,27,29,30). The van der Waals surface area contributed by atoms with Crippen LogP contribution in [-0.4, -0.2) is 43.2 Å². The second-order valence-corrected chi connectivity index (χ2v) is 7.42. The summed E-state index contributed by atoms with van der Waals surface area (Å²) in [5, 5.41) is 13.0. The van der Waals surface area contributed by atoms with Crippen LogP contribution < -0.4 is 5.32 Å². The molecule has 0 saturated carbocycles. The fraction of sp³-hybridized carbons (Fsp3) is 0.130. The van der Waals surface area contributed by atoms with Crippen molar-refractivity contribution >= 4 is 27.6 Å². The van der Waals surface area contributed by atoms with Gasteiger partial charge in [0.05, 0.1) is 11.4 Å². The fourth-order valence-electron chi connectivity index (χ4n) is 4.10. The molecule has 1 aliphatic heterocycles. The number of aromatic nitrogens is 6. The van der Waals surface area contributed by atoms with Crippen LogP contribution >= 0.6 is 0 Å². The molecule has 0 fully saturated rings. The zero-order valence-corrected chi connectivity index (χ0v) is 16.2. The lowest BCUT2D eigenvalue weighted by Gasteiger charge is -2.13. The summed E-state index contributed by atoms with van der Waals surface area (Å²) in [5.74, 6) is 0. The zero-order chi connectivity index (χ0) is 19.9. The highest BCUT2D eigenvalue weighted by molar-refractivity contribution is 5.99. The predicted octanol–water partition coefficient (Wildman–Crippen LogP) is 3.94. The summed E-state index contributed by atoms with van der Waals surface area (Å²) in [4.78, 5) is 16.8. The summed E-state index contributed by atoms with van der Waals surface area (Å²) >= 11 is 0. The molecule has 6 rings (SSSR count). The van der Waals surface area contributed by atoms with Crippen molar-refractivity contribution in [2.45, 2.75) is 6.42 Å². The Balaban J connectivity index is 1.50. The van der Waals surface area contributed by atoms with Crippen LogP contribution in [-0.2, 0) is 0 Å². The van der Waals surface area contributed by atoms with Gasteiger partial charge in [-0.1, -0.05) is 12.1 Å². The van der Waals surface area contributed by atoms with Crippen LogP contribution in [0.1, 0.15) is 12.0 Å². The minimum atomic E-state index is 0.711. The molecule has 0 unspecified atom stereocenters. The largest absolute Gasteiger partial charge is 0.338 e. The van der Waals surface area contributed by atoms with Crippen LogP contribution in [0, 0.1) is 0 Å². The highest BCUT2D eigenvalue weighted by atomic mass is 15.2. The van der Waals surface area contributed by atoms with E-state index in [0.29, 0.717) is 5.65 Å². The smallest absolute Gasteiger partial charge is 0.181 e. The van der Waals surface area contributed by atoms with Crippen LogP contribution in [0.3, 0.4) is 0 Å². The molecule has 30 heavy (non-hydrogen) atoms. The Hall–Kier alpha value is -3.84. The number of pyridine rings is 3. The van der Waals surface area contributed by atoms with E-state index in [1.165, 1.54) is 5.57 Å². The molecule has 7 heteroatoms. The van der Waals surface area contributed by atoms with Crippen molar-refractivity contribution in [3.8, 4) is 22.5 Å². The molecule has 0 spiro atoms. The quantitative estimate of drug-likeness (QED) is 0.432. The third-order valence-corrected chi connectivity index (χ3v) is 5.62. The van der Waals surface area contributed by atoms with Crippen molar-refractivity contribution in [2.24, 2.45) is 0 Å². The first-order valence-corrected chi connectivity index (χ1v) is 9.99. The van der Waals surface area contributed by atoms with Gasteiger partial charge in [0.2, 0.25) is 0 Å². The SMILES string of the molecule is C1=C(c2cnc3n[nH]c(-c4cc5c(-c6cccnc6)ccnc5[nH]4)c3c2)CCNC1. The van der Waals surface area contributed by atoms with E-state index in [0.717, 1.165) is 64.0 Å². The van der Waals surface area contributed by atoms with E-state index in [2.05, 4.69) is 59.7 Å².